The number of amides is 1. The molecule has 1 fully saturated rings. The Balaban J connectivity index is 0.00000264. The number of benzene rings is 1. The number of rotatable bonds is 7. The fourth-order valence-corrected chi connectivity index (χ4v) is 2.79. The van der Waals surface area contributed by atoms with Crippen molar-refractivity contribution in [3.63, 3.8) is 0 Å². The lowest BCUT2D eigenvalue weighted by Gasteiger charge is -2.22. The highest BCUT2D eigenvalue weighted by molar-refractivity contribution is 5.85. The minimum absolute atomic E-state index is 0. The number of piperidine rings is 1. The molecule has 0 bridgehead atoms. The van der Waals surface area contributed by atoms with Gasteiger partial charge in [-0.2, -0.15) is 0 Å². The van der Waals surface area contributed by atoms with Crippen molar-refractivity contribution in [3.8, 4) is 11.5 Å². The number of hydrogen-bond donors (Lipinski definition) is 2. The summed E-state index contributed by atoms with van der Waals surface area (Å²) < 4.78 is 10.5. The Bertz CT molecular complexity index is 491. The first-order chi connectivity index (χ1) is 10.7. The molecule has 2 N–H and O–H groups in total. The molecular weight excluding hydrogens is 316 g/mol. The molecule has 5 nitrogen and oxygen atoms in total. The van der Waals surface area contributed by atoms with Gasteiger partial charge in [-0.25, -0.2) is 0 Å². The third-order valence-corrected chi connectivity index (χ3v) is 4.18. The Hall–Kier alpha value is -1.46. The van der Waals surface area contributed by atoms with Gasteiger partial charge in [0.05, 0.1) is 14.2 Å². The monoisotopic (exact) mass is 342 g/mol. The highest BCUT2D eigenvalue weighted by Crippen LogP contribution is 2.27. The van der Waals surface area contributed by atoms with Gasteiger partial charge in [0.2, 0.25) is 5.91 Å². The summed E-state index contributed by atoms with van der Waals surface area (Å²) in [6, 6.07) is 5.69. The molecule has 1 aliphatic rings. The molecule has 0 aliphatic carbocycles. The molecule has 130 valence electrons. The average Bonchev–Trinajstić information content (AvgIpc) is 2.58. The van der Waals surface area contributed by atoms with Gasteiger partial charge < -0.3 is 20.1 Å². The molecule has 1 aliphatic heterocycles. The third kappa shape index (κ3) is 6.28. The zero-order valence-corrected chi connectivity index (χ0v) is 14.7. The lowest BCUT2D eigenvalue weighted by atomic mass is 9.93. The number of carbonyl (C=O) groups excluding carboxylic acids is 1. The Kier molecular flexibility index (Phi) is 8.81. The number of methoxy groups -OCH3 is 2. The van der Waals surface area contributed by atoms with Gasteiger partial charge in [0.1, 0.15) is 0 Å². The molecule has 0 aromatic heterocycles. The van der Waals surface area contributed by atoms with Gasteiger partial charge in [0.25, 0.3) is 0 Å². The molecule has 1 heterocycles. The van der Waals surface area contributed by atoms with E-state index < -0.39 is 0 Å². The second-order valence-corrected chi connectivity index (χ2v) is 5.70. The number of ether oxygens (including phenoxy) is 2. The quantitative estimate of drug-likeness (QED) is 0.799. The SMILES string of the molecule is COc1ccc(CNC(=O)CCC2CCNCC2)cc1OC.Cl. The van der Waals surface area contributed by atoms with Crippen LogP contribution in [0.25, 0.3) is 0 Å². The molecule has 2 rings (SSSR count). The maximum absolute atomic E-state index is 12.0. The van der Waals surface area contributed by atoms with E-state index in [1.807, 2.05) is 18.2 Å². The van der Waals surface area contributed by atoms with Crippen LogP contribution >= 0.6 is 12.4 Å². The molecule has 1 amide bonds. The Morgan fingerprint density at radius 3 is 2.57 bits per heavy atom. The molecule has 0 radical (unpaired) electrons. The van der Waals surface area contributed by atoms with E-state index >= 15 is 0 Å². The van der Waals surface area contributed by atoms with Gasteiger partial charge in [0, 0.05) is 13.0 Å². The molecule has 0 unspecified atom stereocenters. The molecule has 1 saturated heterocycles. The molecule has 0 atom stereocenters. The predicted octanol–water partition coefficient (Wildman–Crippen LogP) is 2.52. The first-order valence-corrected chi connectivity index (χ1v) is 7.91. The smallest absolute Gasteiger partial charge is 0.220 e. The maximum Gasteiger partial charge on any atom is 0.220 e. The Morgan fingerprint density at radius 1 is 1.22 bits per heavy atom. The van der Waals surface area contributed by atoms with E-state index in [0.29, 0.717) is 30.4 Å². The largest absolute Gasteiger partial charge is 0.493 e. The number of hydrogen-bond acceptors (Lipinski definition) is 4. The number of halogens is 1. The average molecular weight is 343 g/mol. The van der Waals surface area contributed by atoms with E-state index in [9.17, 15) is 4.79 Å². The summed E-state index contributed by atoms with van der Waals surface area (Å²) in [5.74, 6) is 2.19. The fraction of sp³-hybridized carbons (Fsp3) is 0.588. The molecule has 6 heteroatoms. The van der Waals surface area contributed by atoms with Crippen LogP contribution in [-0.4, -0.2) is 33.2 Å². The van der Waals surface area contributed by atoms with Gasteiger partial charge in [-0.05, 0) is 56.0 Å². The van der Waals surface area contributed by atoms with E-state index in [2.05, 4.69) is 10.6 Å². The topological polar surface area (TPSA) is 59.6 Å². The second-order valence-electron chi connectivity index (χ2n) is 5.70. The van der Waals surface area contributed by atoms with Crippen molar-refractivity contribution in [2.24, 2.45) is 5.92 Å². The van der Waals surface area contributed by atoms with E-state index in [1.165, 1.54) is 12.8 Å². The van der Waals surface area contributed by atoms with Crippen LogP contribution in [-0.2, 0) is 11.3 Å². The van der Waals surface area contributed by atoms with E-state index in [-0.39, 0.29) is 18.3 Å². The molecule has 0 spiro atoms. The Morgan fingerprint density at radius 2 is 1.91 bits per heavy atom. The van der Waals surface area contributed by atoms with Crippen molar-refractivity contribution >= 4 is 18.3 Å². The third-order valence-electron chi connectivity index (χ3n) is 4.18. The van der Waals surface area contributed by atoms with Crippen LogP contribution in [0.1, 0.15) is 31.2 Å². The van der Waals surface area contributed by atoms with Crippen molar-refractivity contribution in [2.45, 2.75) is 32.2 Å². The van der Waals surface area contributed by atoms with Crippen LogP contribution in [0.3, 0.4) is 0 Å². The van der Waals surface area contributed by atoms with Gasteiger partial charge in [-0.15, -0.1) is 12.4 Å². The van der Waals surface area contributed by atoms with Gasteiger partial charge in [-0.1, -0.05) is 6.07 Å². The van der Waals surface area contributed by atoms with Crippen molar-refractivity contribution in [1.29, 1.82) is 0 Å². The first-order valence-electron chi connectivity index (χ1n) is 7.91. The van der Waals surface area contributed by atoms with Crippen LogP contribution in [0, 0.1) is 5.92 Å². The van der Waals surface area contributed by atoms with Crippen molar-refractivity contribution < 1.29 is 14.3 Å². The van der Waals surface area contributed by atoms with Crippen molar-refractivity contribution in [2.75, 3.05) is 27.3 Å². The Labute approximate surface area is 144 Å². The molecule has 23 heavy (non-hydrogen) atoms. The fourth-order valence-electron chi connectivity index (χ4n) is 2.79. The second kappa shape index (κ2) is 10.3. The van der Waals surface area contributed by atoms with Crippen molar-refractivity contribution in [3.05, 3.63) is 23.8 Å². The number of nitrogens with one attached hydrogen (secondary N) is 2. The normalized spacial score (nSPS) is 14.7. The van der Waals surface area contributed by atoms with Crippen LogP contribution in [0.2, 0.25) is 0 Å². The van der Waals surface area contributed by atoms with Gasteiger partial charge in [0.15, 0.2) is 11.5 Å². The molecular formula is C17H27ClN2O3. The molecule has 1 aromatic carbocycles. The zero-order chi connectivity index (χ0) is 15.8. The van der Waals surface area contributed by atoms with E-state index in [0.717, 1.165) is 25.1 Å². The highest BCUT2D eigenvalue weighted by Gasteiger charge is 2.14. The lowest BCUT2D eigenvalue weighted by molar-refractivity contribution is -0.121. The van der Waals surface area contributed by atoms with Gasteiger partial charge in [-0.3, -0.25) is 4.79 Å². The molecule has 0 saturated carbocycles. The summed E-state index contributed by atoms with van der Waals surface area (Å²) in [5, 5.41) is 6.32. The van der Waals surface area contributed by atoms with Crippen LogP contribution in [0.15, 0.2) is 18.2 Å². The predicted molar refractivity (Wildman–Crippen MR) is 93.5 cm³/mol. The summed E-state index contributed by atoms with van der Waals surface area (Å²) in [6.07, 6.45) is 3.96. The van der Waals surface area contributed by atoms with E-state index in [4.69, 9.17) is 9.47 Å². The number of carbonyl (C=O) groups is 1. The summed E-state index contributed by atoms with van der Waals surface area (Å²) >= 11 is 0. The minimum Gasteiger partial charge on any atom is -0.493 e. The summed E-state index contributed by atoms with van der Waals surface area (Å²) in [5.41, 5.74) is 1.01. The van der Waals surface area contributed by atoms with Crippen LogP contribution in [0.4, 0.5) is 0 Å². The van der Waals surface area contributed by atoms with E-state index in [1.54, 1.807) is 14.2 Å². The highest BCUT2D eigenvalue weighted by atomic mass is 35.5. The first kappa shape index (κ1) is 19.6. The summed E-state index contributed by atoms with van der Waals surface area (Å²) in [6.45, 7) is 2.68. The molecule has 1 aromatic rings. The van der Waals surface area contributed by atoms with Crippen LogP contribution < -0.4 is 20.1 Å². The standard InChI is InChI=1S/C17H26N2O3.ClH/c1-21-15-5-3-14(11-16(15)22-2)12-19-17(20)6-4-13-7-9-18-10-8-13;/h3,5,11,13,18H,4,6-10,12H2,1-2H3,(H,19,20);1H. The minimum atomic E-state index is 0. The van der Waals surface area contributed by atoms with Crippen molar-refractivity contribution in [1.82, 2.24) is 10.6 Å². The summed E-state index contributed by atoms with van der Waals surface area (Å²) in [4.78, 5) is 12.0. The zero-order valence-electron chi connectivity index (χ0n) is 13.9. The lowest BCUT2D eigenvalue weighted by Crippen LogP contribution is -2.29. The van der Waals surface area contributed by atoms with Crippen LogP contribution in [0.5, 0.6) is 11.5 Å². The van der Waals surface area contributed by atoms with Gasteiger partial charge >= 0.3 is 0 Å². The maximum atomic E-state index is 12.0. The summed E-state index contributed by atoms with van der Waals surface area (Å²) in [7, 11) is 3.22.